The lowest BCUT2D eigenvalue weighted by Gasteiger charge is -2.31. The SMILES string of the molecule is C=CCCN1CCN[C@H](C)C1=O. The topological polar surface area (TPSA) is 32.3 Å². The fraction of sp³-hybridized carbons (Fsp3) is 0.667. The molecule has 1 atom stereocenters. The molecule has 1 amide bonds. The molecule has 0 aromatic carbocycles. The minimum atomic E-state index is -0.0106. The maximum Gasteiger partial charge on any atom is 0.239 e. The van der Waals surface area contributed by atoms with Crippen LogP contribution in [0.15, 0.2) is 12.7 Å². The molecular weight excluding hydrogens is 152 g/mol. The molecule has 1 fully saturated rings. The molecule has 1 heterocycles. The van der Waals surface area contributed by atoms with Gasteiger partial charge in [0.25, 0.3) is 0 Å². The standard InChI is InChI=1S/C9H16N2O/c1-3-4-6-11-7-5-10-8(2)9(11)12/h3,8,10H,1,4-7H2,2H3/t8-/m1/s1. The number of hydrogen-bond donors (Lipinski definition) is 1. The van der Waals surface area contributed by atoms with Crippen molar-refractivity contribution in [3.05, 3.63) is 12.7 Å². The third-order valence-electron chi connectivity index (χ3n) is 2.12. The van der Waals surface area contributed by atoms with E-state index < -0.39 is 0 Å². The van der Waals surface area contributed by atoms with Gasteiger partial charge in [-0.15, -0.1) is 6.58 Å². The molecule has 1 saturated heterocycles. The van der Waals surface area contributed by atoms with Gasteiger partial charge in [0.2, 0.25) is 5.91 Å². The molecule has 0 aromatic heterocycles. The van der Waals surface area contributed by atoms with Crippen LogP contribution in [0.5, 0.6) is 0 Å². The van der Waals surface area contributed by atoms with E-state index in [0.717, 1.165) is 26.1 Å². The molecule has 1 N–H and O–H groups in total. The normalized spacial score (nSPS) is 24.2. The fourth-order valence-electron chi connectivity index (χ4n) is 1.36. The molecule has 0 unspecified atom stereocenters. The molecular formula is C9H16N2O. The van der Waals surface area contributed by atoms with Crippen molar-refractivity contribution in [2.24, 2.45) is 0 Å². The molecule has 0 radical (unpaired) electrons. The number of carbonyl (C=O) groups excluding carboxylic acids is 1. The summed E-state index contributed by atoms with van der Waals surface area (Å²) in [6.45, 7) is 8.09. The van der Waals surface area contributed by atoms with Gasteiger partial charge >= 0.3 is 0 Å². The lowest BCUT2D eigenvalue weighted by atomic mass is 10.2. The van der Waals surface area contributed by atoms with Crippen molar-refractivity contribution < 1.29 is 4.79 Å². The average Bonchev–Trinajstić information content (AvgIpc) is 2.08. The molecule has 0 saturated carbocycles. The first-order chi connectivity index (χ1) is 5.75. The van der Waals surface area contributed by atoms with E-state index in [9.17, 15) is 4.79 Å². The first kappa shape index (κ1) is 9.26. The number of rotatable bonds is 3. The van der Waals surface area contributed by atoms with Crippen molar-refractivity contribution in [2.45, 2.75) is 19.4 Å². The minimum Gasteiger partial charge on any atom is -0.340 e. The zero-order valence-corrected chi connectivity index (χ0v) is 7.55. The van der Waals surface area contributed by atoms with Gasteiger partial charge < -0.3 is 10.2 Å². The lowest BCUT2D eigenvalue weighted by Crippen LogP contribution is -2.53. The molecule has 3 nitrogen and oxygen atoms in total. The second-order valence-electron chi connectivity index (χ2n) is 3.08. The highest BCUT2D eigenvalue weighted by molar-refractivity contribution is 5.82. The van der Waals surface area contributed by atoms with Crippen molar-refractivity contribution in [1.29, 1.82) is 0 Å². The maximum atomic E-state index is 11.5. The van der Waals surface area contributed by atoms with E-state index in [2.05, 4.69) is 11.9 Å². The van der Waals surface area contributed by atoms with E-state index >= 15 is 0 Å². The van der Waals surface area contributed by atoms with Crippen LogP contribution < -0.4 is 5.32 Å². The van der Waals surface area contributed by atoms with Crippen molar-refractivity contribution in [2.75, 3.05) is 19.6 Å². The van der Waals surface area contributed by atoms with Crippen LogP contribution in [0.4, 0.5) is 0 Å². The third kappa shape index (κ3) is 2.08. The lowest BCUT2D eigenvalue weighted by molar-refractivity contribution is -0.135. The largest absolute Gasteiger partial charge is 0.340 e. The van der Waals surface area contributed by atoms with E-state index in [4.69, 9.17) is 0 Å². The van der Waals surface area contributed by atoms with Crippen molar-refractivity contribution in [3.63, 3.8) is 0 Å². The second kappa shape index (κ2) is 4.26. The highest BCUT2D eigenvalue weighted by Gasteiger charge is 2.23. The summed E-state index contributed by atoms with van der Waals surface area (Å²) >= 11 is 0. The van der Waals surface area contributed by atoms with Crippen LogP contribution in [0, 0.1) is 0 Å². The Morgan fingerprint density at radius 3 is 3.25 bits per heavy atom. The molecule has 12 heavy (non-hydrogen) atoms. The van der Waals surface area contributed by atoms with Crippen LogP contribution in [-0.4, -0.2) is 36.5 Å². The predicted octanol–water partition coefficient (Wildman–Crippen LogP) is 0.383. The number of nitrogens with one attached hydrogen (secondary N) is 1. The third-order valence-corrected chi connectivity index (χ3v) is 2.12. The number of hydrogen-bond acceptors (Lipinski definition) is 2. The Morgan fingerprint density at radius 1 is 1.83 bits per heavy atom. The van der Waals surface area contributed by atoms with E-state index in [1.165, 1.54) is 0 Å². The van der Waals surface area contributed by atoms with Crippen molar-refractivity contribution in [1.82, 2.24) is 10.2 Å². The van der Waals surface area contributed by atoms with Crippen molar-refractivity contribution in [3.8, 4) is 0 Å². The highest BCUT2D eigenvalue weighted by Crippen LogP contribution is 2.01. The van der Waals surface area contributed by atoms with Gasteiger partial charge in [-0.1, -0.05) is 6.08 Å². The Labute approximate surface area is 73.4 Å². The smallest absolute Gasteiger partial charge is 0.239 e. The summed E-state index contributed by atoms with van der Waals surface area (Å²) in [6, 6.07) is -0.0106. The van der Waals surface area contributed by atoms with E-state index in [1.54, 1.807) is 0 Å². The van der Waals surface area contributed by atoms with Crippen LogP contribution in [0.2, 0.25) is 0 Å². The molecule has 1 aliphatic heterocycles. The summed E-state index contributed by atoms with van der Waals surface area (Å²) in [5.74, 6) is 0.211. The van der Waals surface area contributed by atoms with Crippen LogP contribution in [0.1, 0.15) is 13.3 Å². The molecule has 1 aliphatic rings. The van der Waals surface area contributed by atoms with Crippen LogP contribution in [-0.2, 0) is 4.79 Å². The van der Waals surface area contributed by atoms with E-state index in [-0.39, 0.29) is 11.9 Å². The van der Waals surface area contributed by atoms with Crippen LogP contribution in [0.25, 0.3) is 0 Å². The average molecular weight is 168 g/mol. The van der Waals surface area contributed by atoms with Gasteiger partial charge in [0, 0.05) is 19.6 Å². The van der Waals surface area contributed by atoms with Gasteiger partial charge in [0.1, 0.15) is 0 Å². The molecule has 0 aliphatic carbocycles. The van der Waals surface area contributed by atoms with Crippen LogP contribution in [0.3, 0.4) is 0 Å². The molecule has 68 valence electrons. The zero-order valence-electron chi connectivity index (χ0n) is 7.55. The summed E-state index contributed by atoms with van der Waals surface area (Å²) in [5, 5.41) is 3.12. The first-order valence-electron chi connectivity index (χ1n) is 4.38. The summed E-state index contributed by atoms with van der Waals surface area (Å²) in [5.41, 5.74) is 0. The van der Waals surface area contributed by atoms with Crippen LogP contribution >= 0.6 is 0 Å². The van der Waals surface area contributed by atoms with Gasteiger partial charge in [-0.3, -0.25) is 4.79 Å². The molecule has 1 rings (SSSR count). The molecule has 0 aromatic rings. The summed E-state index contributed by atoms with van der Waals surface area (Å²) in [7, 11) is 0. The maximum absolute atomic E-state index is 11.5. The highest BCUT2D eigenvalue weighted by atomic mass is 16.2. The summed E-state index contributed by atoms with van der Waals surface area (Å²) in [6.07, 6.45) is 2.73. The van der Waals surface area contributed by atoms with Gasteiger partial charge in [-0.05, 0) is 13.3 Å². The quantitative estimate of drug-likeness (QED) is 0.618. The summed E-state index contributed by atoms with van der Waals surface area (Å²) in [4.78, 5) is 13.4. The fourth-order valence-corrected chi connectivity index (χ4v) is 1.36. The molecule has 3 heteroatoms. The number of nitrogens with zero attached hydrogens (tertiary/aromatic N) is 1. The van der Waals surface area contributed by atoms with Gasteiger partial charge in [0.15, 0.2) is 0 Å². The Balaban J connectivity index is 2.40. The second-order valence-corrected chi connectivity index (χ2v) is 3.08. The zero-order chi connectivity index (χ0) is 8.97. The summed E-state index contributed by atoms with van der Waals surface area (Å²) < 4.78 is 0. The number of amides is 1. The first-order valence-corrected chi connectivity index (χ1v) is 4.38. The Kier molecular flexibility index (Phi) is 3.29. The Bertz CT molecular complexity index is 179. The van der Waals surface area contributed by atoms with E-state index in [1.807, 2.05) is 17.9 Å². The minimum absolute atomic E-state index is 0.0106. The van der Waals surface area contributed by atoms with Gasteiger partial charge in [-0.25, -0.2) is 0 Å². The van der Waals surface area contributed by atoms with Gasteiger partial charge in [-0.2, -0.15) is 0 Å². The van der Waals surface area contributed by atoms with Crippen molar-refractivity contribution >= 4 is 5.91 Å². The Hall–Kier alpha value is -0.830. The number of piperazine rings is 1. The molecule has 0 bridgehead atoms. The Morgan fingerprint density at radius 2 is 2.58 bits per heavy atom. The predicted molar refractivity (Wildman–Crippen MR) is 48.9 cm³/mol. The number of carbonyl (C=O) groups is 1. The van der Waals surface area contributed by atoms with Gasteiger partial charge in [0.05, 0.1) is 6.04 Å². The van der Waals surface area contributed by atoms with E-state index in [0.29, 0.717) is 0 Å². The molecule has 0 spiro atoms. The monoisotopic (exact) mass is 168 g/mol.